The van der Waals surface area contributed by atoms with Crippen LogP contribution in [0, 0.1) is 5.92 Å². The van der Waals surface area contributed by atoms with E-state index in [1.54, 1.807) is 0 Å². The van der Waals surface area contributed by atoms with Crippen LogP contribution in [-0.2, 0) is 65.4 Å². The maximum Gasteiger partial charge on any atom is 0.472 e. The molecule has 0 aromatic carbocycles. The number of carbonyl (C=O) groups excluding carboxylic acids is 4. The predicted octanol–water partition coefficient (Wildman–Crippen LogP) is 21.3. The first-order chi connectivity index (χ1) is 44.5. The molecule has 17 nitrogen and oxygen atoms in total. The topological polar surface area (TPSA) is 237 Å². The number of esters is 4. The van der Waals surface area contributed by atoms with Crippen molar-refractivity contribution in [2.75, 3.05) is 39.6 Å². The Labute approximate surface area is 562 Å². The van der Waals surface area contributed by atoms with Gasteiger partial charge in [0.2, 0.25) is 0 Å². The average Bonchev–Trinajstić information content (AvgIpc) is 1.73. The number of carbonyl (C=O) groups is 4. The number of hydrogen-bond acceptors (Lipinski definition) is 15. The Balaban J connectivity index is 5.22. The van der Waals surface area contributed by atoms with E-state index in [-0.39, 0.29) is 25.7 Å². The van der Waals surface area contributed by atoms with Crippen molar-refractivity contribution in [3.8, 4) is 0 Å². The summed E-state index contributed by atoms with van der Waals surface area (Å²) in [5.41, 5.74) is 0. The third kappa shape index (κ3) is 66.7. The van der Waals surface area contributed by atoms with E-state index in [0.29, 0.717) is 25.7 Å². The Hall–Kier alpha value is -1.94. The highest BCUT2D eigenvalue weighted by Crippen LogP contribution is 2.45. The van der Waals surface area contributed by atoms with Crippen molar-refractivity contribution in [1.82, 2.24) is 0 Å². The Morgan fingerprint density at radius 3 is 0.739 bits per heavy atom. The second-order valence-corrected chi connectivity index (χ2v) is 29.7. The smallest absolute Gasteiger partial charge is 0.462 e. The number of phosphoric acid groups is 2. The number of hydrogen-bond donors (Lipinski definition) is 3. The fraction of sp³-hybridized carbons (Fsp3) is 0.945. The molecule has 0 aliphatic heterocycles. The van der Waals surface area contributed by atoms with E-state index in [2.05, 4.69) is 34.6 Å². The highest BCUT2D eigenvalue weighted by molar-refractivity contribution is 7.47. The second-order valence-electron chi connectivity index (χ2n) is 26.8. The molecule has 92 heavy (non-hydrogen) atoms. The first-order valence-corrected chi connectivity index (χ1v) is 41.1. The Kier molecular flexibility index (Phi) is 64.9. The lowest BCUT2D eigenvalue weighted by Gasteiger charge is -2.21. The van der Waals surface area contributed by atoms with Crippen LogP contribution in [0.25, 0.3) is 0 Å². The Morgan fingerprint density at radius 2 is 0.500 bits per heavy atom. The van der Waals surface area contributed by atoms with Gasteiger partial charge in [0, 0.05) is 25.7 Å². The van der Waals surface area contributed by atoms with E-state index in [4.69, 9.17) is 37.0 Å². The lowest BCUT2D eigenvalue weighted by molar-refractivity contribution is -0.161. The summed E-state index contributed by atoms with van der Waals surface area (Å²) in [7, 11) is -9.90. The molecule has 0 spiro atoms. The van der Waals surface area contributed by atoms with Gasteiger partial charge < -0.3 is 33.8 Å². The summed E-state index contributed by atoms with van der Waals surface area (Å²) in [6.45, 7) is 7.28. The van der Waals surface area contributed by atoms with Gasteiger partial charge in [-0.05, 0) is 31.6 Å². The van der Waals surface area contributed by atoms with Gasteiger partial charge in [0.1, 0.15) is 19.3 Å². The highest BCUT2D eigenvalue weighted by Gasteiger charge is 2.30. The molecule has 0 saturated heterocycles. The summed E-state index contributed by atoms with van der Waals surface area (Å²) in [6, 6.07) is 0. The predicted molar refractivity (Wildman–Crippen MR) is 372 cm³/mol. The molecule has 0 saturated carbocycles. The number of ether oxygens (including phenoxy) is 4. The Morgan fingerprint density at radius 1 is 0.293 bits per heavy atom. The fourth-order valence-corrected chi connectivity index (χ4v) is 12.8. The second kappa shape index (κ2) is 66.3. The summed E-state index contributed by atoms with van der Waals surface area (Å²) in [6.07, 6.45) is 54.0. The van der Waals surface area contributed by atoms with Crippen molar-refractivity contribution in [3.63, 3.8) is 0 Å². The van der Waals surface area contributed by atoms with Crippen LogP contribution in [0.1, 0.15) is 381 Å². The van der Waals surface area contributed by atoms with E-state index in [1.807, 2.05) is 0 Å². The molecule has 0 aliphatic rings. The minimum atomic E-state index is -4.95. The van der Waals surface area contributed by atoms with Crippen molar-refractivity contribution in [1.29, 1.82) is 0 Å². The first-order valence-electron chi connectivity index (χ1n) is 38.1. The summed E-state index contributed by atoms with van der Waals surface area (Å²) >= 11 is 0. The van der Waals surface area contributed by atoms with Crippen molar-refractivity contribution in [2.45, 2.75) is 400 Å². The van der Waals surface area contributed by atoms with Gasteiger partial charge in [-0.25, -0.2) is 9.13 Å². The molecule has 0 amide bonds. The first kappa shape index (κ1) is 90.1. The van der Waals surface area contributed by atoms with E-state index in [1.165, 1.54) is 205 Å². The van der Waals surface area contributed by atoms with Crippen LogP contribution in [0.3, 0.4) is 0 Å². The summed E-state index contributed by atoms with van der Waals surface area (Å²) in [4.78, 5) is 72.6. The zero-order valence-electron chi connectivity index (χ0n) is 59.7. The molecular weight excluding hydrogens is 1210 g/mol. The van der Waals surface area contributed by atoms with Crippen LogP contribution in [0.2, 0.25) is 0 Å². The van der Waals surface area contributed by atoms with E-state index < -0.39 is 97.5 Å². The van der Waals surface area contributed by atoms with Crippen LogP contribution in [0.15, 0.2) is 0 Å². The van der Waals surface area contributed by atoms with Gasteiger partial charge in [0.15, 0.2) is 12.2 Å². The van der Waals surface area contributed by atoms with E-state index in [9.17, 15) is 43.2 Å². The van der Waals surface area contributed by atoms with Crippen molar-refractivity contribution < 1.29 is 80.2 Å². The normalized spacial score (nSPS) is 14.0. The SMILES string of the molecule is CCCCCCCCCCCCCCCCC(=O)OC[C@H](COP(=O)(O)OC[C@@H](O)COP(=O)(O)OC[C@@H](COC(=O)CCCCCCCCCCC)OC(=O)CCCCCCCCCCCCC)OC(=O)CCCCCCCCCCCCCCCCCC(C)C. The summed E-state index contributed by atoms with van der Waals surface area (Å²) in [5, 5.41) is 10.6. The van der Waals surface area contributed by atoms with Gasteiger partial charge in [0.05, 0.1) is 26.4 Å². The van der Waals surface area contributed by atoms with Gasteiger partial charge in [-0.2, -0.15) is 0 Å². The van der Waals surface area contributed by atoms with Crippen molar-refractivity contribution in [2.24, 2.45) is 5.92 Å². The molecule has 0 rings (SSSR count). The lowest BCUT2D eigenvalue weighted by atomic mass is 10.0. The van der Waals surface area contributed by atoms with Crippen LogP contribution in [-0.4, -0.2) is 96.7 Å². The van der Waals surface area contributed by atoms with Gasteiger partial charge in [-0.3, -0.25) is 37.3 Å². The van der Waals surface area contributed by atoms with Crippen LogP contribution in [0.5, 0.6) is 0 Å². The van der Waals surface area contributed by atoms with Crippen LogP contribution >= 0.6 is 15.6 Å². The third-order valence-corrected chi connectivity index (χ3v) is 18.9. The number of unbranched alkanes of at least 4 members (excludes halogenated alkanes) is 45. The van der Waals surface area contributed by atoms with Crippen LogP contribution < -0.4 is 0 Å². The number of rotatable bonds is 73. The van der Waals surface area contributed by atoms with E-state index >= 15 is 0 Å². The zero-order valence-corrected chi connectivity index (χ0v) is 61.5. The van der Waals surface area contributed by atoms with Gasteiger partial charge in [-0.15, -0.1) is 0 Å². The zero-order chi connectivity index (χ0) is 67.7. The standard InChI is InChI=1S/C73H142O17P2/c1-6-9-12-15-18-21-23-24-29-33-37-42-47-52-57-71(76)84-63-69(90-73(78)59-54-49-44-39-34-30-27-25-26-28-32-36-40-45-50-55-66(4)5)65-88-92(81,82)86-61-67(74)60-85-91(79,80)87-64-68(62-83-70(75)56-51-46-41-35-20-17-14-11-8-3)89-72(77)58-53-48-43-38-31-22-19-16-13-10-7-2/h66-69,74H,6-65H2,1-5H3,(H,79,80)(H,81,82)/t67-,68+,69+/m0/s1. The quantitative estimate of drug-likeness (QED) is 0.0222. The molecule has 5 atom stereocenters. The minimum Gasteiger partial charge on any atom is -0.462 e. The largest absolute Gasteiger partial charge is 0.472 e. The molecule has 0 radical (unpaired) electrons. The summed E-state index contributed by atoms with van der Waals surface area (Å²) in [5.74, 6) is -1.31. The molecule has 0 heterocycles. The molecule has 0 aromatic rings. The molecule has 0 fully saturated rings. The lowest BCUT2D eigenvalue weighted by Crippen LogP contribution is -2.30. The maximum absolute atomic E-state index is 13.1. The number of aliphatic hydroxyl groups excluding tert-OH is 1. The van der Waals surface area contributed by atoms with Crippen LogP contribution in [0.4, 0.5) is 0 Å². The van der Waals surface area contributed by atoms with Gasteiger partial charge in [0.25, 0.3) is 0 Å². The molecular formula is C73H142O17P2. The van der Waals surface area contributed by atoms with E-state index in [0.717, 1.165) is 95.8 Å². The Bertz CT molecular complexity index is 1770. The molecule has 0 aromatic heterocycles. The monoisotopic (exact) mass is 1350 g/mol. The van der Waals surface area contributed by atoms with Crippen molar-refractivity contribution >= 4 is 39.5 Å². The summed E-state index contributed by atoms with van der Waals surface area (Å²) < 4.78 is 68.4. The van der Waals surface area contributed by atoms with Crippen molar-refractivity contribution in [3.05, 3.63) is 0 Å². The molecule has 0 aliphatic carbocycles. The average molecular weight is 1350 g/mol. The highest BCUT2D eigenvalue weighted by atomic mass is 31.2. The van der Waals surface area contributed by atoms with Gasteiger partial charge in [-0.1, -0.05) is 330 Å². The molecule has 0 bridgehead atoms. The molecule has 19 heteroatoms. The minimum absolute atomic E-state index is 0.107. The maximum atomic E-state index is 13.1. The molecule has 546 valence electrons. The molecule has 2 unspecified atom stereocenters. The molecule has 3 N–H and O–H groups in total. The fourth-order valence-electron chi connectivity index (χ4n) is 11.2. The number of phosphoric ester groups is 2. The van der Waals surface area contributed by atoms with Gasteiger partial charge >= 0.3 is 39.5 Å². The third-order valence-electron chi connectivity index (χ3n) is 17.0. The number of aliphatic hydroxyl groups is 1.